The number of nitrogens with one attached hydrogen (secondary N) is 1. The van der Waals surface area contributed by atoms with Crippen molar-refractivity contribution in [3.05, 3.63) is 87.9 Å². The number of hydrogen-bond donors (Lipinski definition) is 1. The SMILES string of the molecule is CSc1ccccc1NC(=O)c1ccc(N(Cc2c(Cl)cccc2Cl)S(C)(=O)=O)cc1. The van der Waals surface area contributed by atoms with E-state index in [1.54, 1.807) is 42.5 Å². The number of carbonyl (C=O) groups excluding carboxylic acids is 1. The molecule has 9 heteroatoms. The van der Waals surface area contributed by atoms with E-state index >= 15 is 0 Å². The van der Waals surface area contributed by atoms with Crippen molar-refractivity contribution in [3.8, 4) is 0 Å². The van der Waals surface area contributed by atoms with Gasteiger partial charge in [-0.1, -0.05) is 41.4 Å². The second kappa shape index (κ2) is 9.96. The van der Waals surface area contributed by atoms with Crippen LogP contribution in [0.4, 0.5) is 11.4 Å². The number of sulfonamides is 1. The van der Waals surface area contributed by atoms with Gasteiger partial charge >= 0.3 is 0 Å². The summed E-state index contributed by atoms with van der Waals surface area (Å²) >= 11 is 14.0. The van der Waals surface area contributed by atoms with E-state index in [2.05, 4.69) is 5.32 Å². The molecule has 0 unspecified atom stereocenters. The Morgan fingerprint density at radius 3 is 2.16 bits per heavy atom. The fourth-order valence-electron chi connectivity index (χ4n) is 2.95. The molecule has 0 atom stereocenters. The Balaban J connectivity index is 1.86. The zero-order chi connectivity index (χ0) is 22.6. The molecule has 0 bridgehead atoms. The summed E-state index contributed by atoms with van der Waals surface area (Å²) in [6.45, 7) is -0.0238. The van der Waals surface area contributed by atoms with Crippen molar-refractivity contribution in [1.82, 2.24) is 0 Å². The van der Waals surface area contributed by atoms with E-state index in [9.17, 15) is 13.2 Å². The van der Waals surface area contributed by atoms with Crippen molar-refractivity contribution in [2.24, 2.45) is 0 Å². The Morgan fingerprint density at radius 1 is 0.968 bits per heavy atom. The normalized spacial score (nSPS) is 11.2. The van der Waals surface area contributed by atoms with Gasteiger partial charge in [-0.15, -0.1) is 11.8 Å². The van der Waals surface area contributed by atoms with Crippen molar-refractivity contribution in [2.45, 2.75) is 11.4 Å². The number of rotatable bonds is 7. The van der Waals surface area contributed by atoms with Gasteiger partial charge in [0.2, 0.25) is 10.0 Å². The zero-order valence-electron chi connectivity index (χ0n) is 16.8. The van der Waals surface area contributed by atoms with Crippen LogP contribution in [0.3, 0.4) is 0 Å². The van der Waals surface area contributed by atoms with E-state index < -0.39 is 10.0 Å². The van der Waals surface area contributed by atoms with E-state index in [0.717, 1.165) is 16.8 Å². The van der Waals surface area contributed by atoms with Gasteiger partial charge in [0, 0.05) is 26.1 Å². The molecule has 1 amide bonds. The lowest BCUT2D eigenvalue weighted by Gasteiger charge is -2.23. The summed E-state index contributed by atoms with van der Waals surface area (Å²) < 4.78 is 26.1. The summed E-state index contributed by atoms with van der Waals surface area (Å²) in [5.41, 5.74) is 2.03. The van der Waals surface area contributed by atoms with Gasteiger partial charge in [-0.2, -0.15) is 0 Å². The van der Waals surface area contributed by atoms with Gasteiger partial charge in [0.1, 0.15) is 0 Å². The van der Waals surface area contributed by atoms with Crippen molar-refractivity contribution in [3.63, 3.8) is 0 Å². The average molecular weight is 495 g/mol. The minimum Gasteiger partial charge on any atom is -0.321 e. The Hall–Kier alpha value is -2.19. The molecular formula is C22H20Cl2N2O3S2. The van der Waals surface area contributed by atoms with Crippen LogP contribution in [0.1, 0.15) is 15.9 Å². The molecule has 0 heterocycles. The Morgan fingerprint density at radius 2 is 1.58 bits per heavy atom. The lowest BCUT2D eigenvalue weighted by Crippen LogP contribution is -2.29. The van der Waals surface area contributed by atoms with Crippen LogP contribution in [0, 0.1) is 0 Å². The van der Waals surface area contributed by atoms with Gasteiger partial charge in [0.25, 0.3) is 5.91 Å². The topological polar surface area (TPSA) is 66.5 Å². The van der Waals surface area contributed by atoms with E-state index in [-0.39, 0.29) is 12.5 Å². The first-order valence-electron chi connectivity index (χ1n) is 9.15. The first kappa shape index (κ1) is 23.5. The van der Waals surface area contributed by atoms with E-state index in [1.165, 1.54) is 16.1 Å². The monoisotopic (exact) mass is 494 g/mol. The van der Waals surface area contributed by atoms with Gasteiger partial charge in [0.05, 0.1) is 24.2 Å². The number of thioether (sulfide) groups is 1. The van der Waals surface area contributed by atoms with E-state index in [0.29, 0.717) is 26.9 Å². The van der Waals surface area contributed by atoms with Crippen LogP contribution in [0.15, 0.2) is 71.6 Å². The minimum absolute atomic E-state index is 0.0238. The zero-order valence-corrected chi connectivity index (χ0v) is 19.9. The van der Waals surface area contributed by atoms with Crippen LogP contribution in [-0.4, -0.2) is 26.8 Å². The third kappa shape index (κ3) is 5.74. The second-order valence-corrected chi connectivity index (χ2v) is 10.2. The summed E-state index contributed by atoms with van der Waals surface area (Å²) in [4.78, 5) is 13.6. The molecule has 0 aliphatic carbocycles. The summed E-state index contributed by atoms with van der Waals surface area (Å²) in [6, 6.07) is 18.8. The molecule has 162 valence electrons. The lowest BCUT2D eigenvalue weighted by molar-refractivity contribution is 0.102. The Bertz CT molecular complexity index is 1180. The number of amides is 1. The third-order valence-corrected chi connectivity index (χ3v) is 7.18. The molecule has 5 nitrogen and oxygen atoms in total. The van der Waals surface area contributed by atoms with Crippen LogP contribution in [0.25, 0.3) is 0 Å². The fourth-order valence-corrected chi connectivity index (χ4v) is 4.89. The second-order valence-electron chi connectivity index (χ2n) is 6.67. The fraction of sp³-hybridized carbons (Fsp3) is 0.136. The molecular weight excluding hydrogens is 475 g/mol. The molecule has 0 aromatic heterocycles. The summed E-state index contributed by atoms with van der Waals surface area (Å²) in [5, 5.41) is 3.64. The maximum atomic E-state index is 12.7. The number of para-hydroxylation sites is 1. The largest absolute Gasteiger partial charge is 0.321 e. The van der Waals surface area contributed by atoms with Gasteiger partial charge in [-0.3, -0.25) is 9.10 Å². The molecule has 0 saturated heterocycles. The van der Waals surface area contributed by atoms with Crippen LogP contribution >= 0.6 is 35.0 Å². The summed E-state index contributed by atoms with van der Waals surface area (Å²) in [5.74, 6) is -0.284. The Labute approximate surface area is 196 Å². The van der Waals surface area contributed by atoms with Crippen LogP contribution in [0.5, 0.6) is 0 Å². The van der Waals surface area contributed by atoms with Gasteiger partial charge in [-0.25, -0.2) is 8.42 Å². The highest BCUT2D eigenvalue weighted by Gasteiger charge is 2.21. The predicted molar refractivity (Wildman–Crippen MR) is 130 cm³/mol. The average Bonchev–Trinajstić information content (AvgIpc) is 2.73. The van der Waals surface area contributed by atoms with Gasteiger partial charge in [0.15, 0.2) is 0 Å². The first-order chi connectivity index (χ1) is 14.7. The summed E-state index contributed by atoms with van der Waals surface area (Å²) in [7, 11) is -3.63. The molecule has 3 aromatic carbocycles. The molecule has 0 radical (unpaired) electrons. The van der Waals surface area contributed by atoms with Crippen molar-refractivity contribution < 1.29 is 13.2 Å². The van der Waals surface area contributed by atoms with E-state index in [4.69, 9.17) is 23.2 Å². The number of halogens is 2. The molecule has 0 fully saturated rings. The molecule has 0 aliphatic rings. The van der Waals surface area contributed by atoms with Gasteiger partial charge < -0.3 is 5.32 Å². The molecule has 3 aromatic rings. The van der Waals surface area contributed by atoms with Gasteiger partial charge in [-0.05, 0) is 54.8 Å². The predicted octanol–water partition coefficient (Wildman–Crippen LogP) is 5.93. The number of nitrogens with zero attached hydrogens (tertiary/aromatic N) is 1. The highest BCUT2D eigenvalue weighted by molar-refractivity contribution is 7.98. The minimum atomic E-state index is -3.63. The molecule has 3 rings (SSSR count). The maximum absolute atomic E-state index is 12.7. The highest BCUT2D eigenvalue weighted by atomic mass is 35.5. The van der Waals surface area contributed by atoms with Crippen LogP contribution in [0.2, 0.25) is 10.0 Å². The quantitative estimate of drug-likeness (QED) is 0.413. The molecule has 31 heavy (non-hydrogen) atoms. The van der Waals surface area contributed by atoms with Crippen LogP contribution < -0.4 is 9.62 Å². The first-order valence-corrected chi connectivity index (χ1v) is 13.0. The summed E-state index contributed by atoms with van der Waals surface area (Å²) in [6.07, 6.45) is 3.04. The highest BCUT2D eigenvalue weighted by Crippen LogP contribution is 2.30. The van der Waals surface area contributed by atoms with Crippen molar-refractivity contribution >= 4 is 62.3 Å². The van der Waals surface area contributed by atoms with Crippen LogP contribution in [-0.2, 0) is 16.6 Å². The molecule has 1 N–H and O–H groups in total. The molecule has 0 saturated carbocycles. The third-order valence-electron chi connectivity index (χ3n) is 4.54. The lowest BCUT2D eigenvalue weighted by atomic mass is 10.1. The van der Waals surface area contributed by atoms with E-state index in [1.807, 2.05) is 30.5 Å². The number of benzene rings is 3. The maximum Gasteiger partial charge on any atom is 0.255 e. The van der Waals surface area contributed by atoms with Crippen molar-refractivity contribution in [1.29, 1.82) is 0 Å². The number of carbonyl (C=O) groups is 1. The molecule has 0 aliphatic heterocycles. The smallest absolute Gasteiger partial charge is 0.255 e. The standard InChI is InChI=1S/C22H20Cl2N2O3S2/c1-30-21-9-4-3-8-20(21)25-22(27)15-10-12-16(13-11-15)26(31(2,28)29)14-17-18(23)6-5-7-19(17)24/h3-13H,14H2,1-2H3,(H,25,27). The van der Waals surface area contributed by atoms with Crippen molar-refractivity contribution in [2.75, 3.05) is 22.1 Å². The Kier molecular flexibility index (Phi) is 7.54. The molecule has 0 spiro atoms. The number of hydrogen-bond acceptors (Lipinski definition) is 4. The number of anilines is 2.